The van der Waals surface area contributed by atoms with E-state index in [1.54, 1.807) is 4.90 Å². The van der Waals surface area contributed by atoms with Gasteiger partial charge in [-0.2, -0.15) is 0 Å². The Labute approximate surface area is 230 Å². The standard InChI is InChI=1S/C32H34N2O4Si/c1-32(2,3)39(25-10-6-4-7-11-25,26-12-8-5-9-13-26)38-24-17-21-16-23-20-34(28-14-15-29(35)33-30(28)36)31(37)27(23)19-22(21)18-24/h4-13,16,19,24,28H,14-15,17-18,20H2,1-3H3,(H,33,35,36). The molecule has 1 aliphatic carbocycles. The number of amides is 3. The van der Waals surface area contributed by atoms with Gasteiger partial charge in [0.05, 0.1) is 6.10 Å². The molecule has 6 nitrogen and oxygen atoms in total. The third-order valence-corrected chi connectivity index (χ3v) is 13.6. The van der Waals surface area contributed by atoms with Crippen LogP contribution >= 0.6 is 0 Å². The normalized spacial score (nSPS) is 21.1. The van der Waals surface area contributed by atoms with Crippen molar-refractivity contribution < 1.29 is 18.8 Å². The van der Waals surface area contributed by atoms with Crippen LogP contribution in [0.3, 0.4) is 0 Å². The van der Waals surface area contributed by atoms with Gasteiger partial charge in [0.2, 0.25) is 11.8 Å². The highest BCUT2D eigenvalue weighted by Crippen LogP contribution is 2.40. The Morgan fingerprint density at radius 2 is 1.44 bits per heavy atom. The minimum absolute atomic E-state index is 0.00942. The summed E-state index contributed by atoms with van der Waals surface area (Å²) in [6, 6.07) is 24.9. The average Bonchev–Trinajstić information content (AvgIpc) is 3.45. The third-order valence-electron chi connectivity index (χ3n) is 8.50. The summed E-state index contributed by atoms with van der Waals surface area (Å²) in [6.07, 6.45) is 2.18. The fourth-order valence-corrected chi connectivity index (χ4v) is 11.4. The number of carbonyl (C=O) groups is 3. The molecule has 3 aromatic carbocycles. The zero-order chi connectivity index (χ0) is 27.4. The molecular weight excluding hydrogens is 504 g/mol. The molecule has 1 N–H and O–H groups in total. The second kappa shape index (κ2) is 9.57. The van der Waals surface area contributed by atoms with E-state index in [2.05, 4.69) is 92.8 Å². The lowest BCUT2D eigenvalue weighted by atomic mass is 10.0. The van der Waals surface area contributed by atoms with E-state index in [1.807, 2.05) is 6.07 Å². The summed E-state index contributed by atoms with van der Waals surface area (Å²) < 4.78 is 7.38. The lowest BCUT2D eigenvalue weighted by Gasteiger charge is -2.44. The number of imide groups is 1. The Morgan fingerprint density at radius 1 is 0.846 bits per heavy atom. The van der Waals surface area contributed by atoms with Gasteiger partial charge >= 0.3 is 0 Å². The summed E-state index contributed by atoms with van der Waals surface area (Å²) in [7, 11) is -2.68. The van der Waals surface area contributed by atoms with Crippen molar-refractivity contribution in [2.75, 3.05) is 0 Å². The molecule has 0 radical (unpaired) electrons. The molecule has 3 aromatic rings. The van der Waals surface area contributed by atoms with Crippen LogP contribution < -0.4 is 15.7 Å². The van der Waals surface area contributed by atoms with Gasteiger partial charge in [-0.25, -0.2) is 0 Å². The van der Waals surface area contributed by atoms with Gasteiger partial charge in [0.15, 0.2) is 0 Å². The van der Waals surface area contributed by atoms with Crippen LogP contribution in [0, 0.1) is 0 Å². The molecule has 2 aliphatic heterocycles. The summed E-state index contributed by atoms with van der Waals surface area (Å²) in [4.78, 5) is 39.0. The Balaban J connectivity index is 1.29. The molecule has 0 saturated carbocycles. The first-order valence-electron chi connectivity index (χ1n) is 13.8. The fraction of sp³-hybridized carbons (Fsp3) is 0.344. The number of fused-ring (bicyclic) bond motifs is 2. The molecule has 200 valence electrons. The Kier molecular flexibility index (Phi) is 6.31. The SMILES string of the molecule is CC(C)(C)[Si](OC1Cc2cc3c(cc2C1)C(=O)N(C1CCC(=O)NC1=O)C3)(c1ccccc1)c1ccccc1. The molecule has 6 rings (SSSR count). The van der Waals surface area contributed by atoms with Crippen molar-refractivity contribution in [2.24, 2.45) is 0 Å². The predicted octanol–water partition coefficient (Wildman–Crippen LogP) is 3.49. The highest BCUT2D eigenvalue weighted by molar-refractivity contribution is 6.99. The van der Waals surface area contributed by atoms with Crippen molar-refractivity contribution in [3.8, 4) is 0 Å². The van der Waals surface area contributed by atoms with Gasteiger partial charge in [0.1, 0.15) is 6.04 Å². The van der Waals surface area contributed by atoms with Crippen molar-refractivity contribution in [3.05, 3.63) is 95.1 Å². The van der Waals surface area contributed by atoms with E-state index in [0.717, 1.165) is 24.0 Å². The van der Waals surface area contributed by atoms with Crippen LogP contribution in [-0.2, 0) is 33.4 Å². The Hall–Kier alpha value is -3.55. The Morgan fingerprint density at radius 3 is 2.00 bits per heavy atom. The van der Waals surface area contributed by atoms with E-state index >= 15 is 0 Å². The Bertz CT molecular complexity index is 1410. The lowest BCUT2D eigenvalue weighted by molar-refractivity contribution is -0.136. The molecule has 39 heavy (non-hydrogen) atoms. The van der Waals surface area contributed by atoms with Crippen molar-refractivity contribution in [2.45, 2.75) is 70.2 Å². The highest BCUT2D eigenvalue weighted by atomic mass is 28.4. The monoisotopic (exact) mass is 538 g/mol. The van der Waals surface area contributed by atoms with Crippen LogP contribution in [-0.4, -0.2) is 43.1 Å². The van der Waals surface area contributed by atoms with Crippen LogP contribution in [0.15, 0.2) is 72.8 Å². The van der Waals surface area contributed by atoms with Gasteiger partial charge in [-0.15, -0.1) is 0 Å². The summed E-state index contributed by atoms with van der Waals surface area (Å²) in [6.45, 7) is 7.27. The molecule has 0 bridgehead atoms. The molecule has 1 saturated heterocycles. The molecule has 2 atom stereocenters. The minimum Gasteiger partial charge on any atom is -0.404 e. The summed E-state index contributed by atoms with van der Waals surface area (Å²) in [5.41, 5.74) is 3.99. The van der Waals surface area contributed by atoms with E-state index in [1.165, 1.54) is 15.9 Å². The van der Waals surface area contributed by atoms with E-state index in [9.17, 15) is 14.4 Å². The molecular formula is C32H34N2O4Si. The van der Waals surface area contributed by atoms with Crippen molar-refractivity contribution in [3.63, 3.8) is 0 Å². The molecule has 2 unspecified atom stereocenters. The lowest BCUT2D eigenvalue weighted by Crippen LogP contribution is -2.67. The fourth-order valence-electron chi connectivity index (χ4n) is 6.68. The minimum atomic E-state index is -2.68. The molecule has 3 amide bonds. The third kappa shape index (κ3) is 4.34. The van der Waals surface area contributed by atoms with Crippen LogP contribution in [0.2, 0.25) is 5.04 Å². The number of nitrogens with zero attached hydrogens (tertiary/aromatic N) is 1. The number of benzene rings is 3. The van der Waals surface area contributed by atoms with Crippen molar-refractivity contribution in [1.82, 2.24) is 10.2 Å². The topological polar surface area (TPSA) is 75.7 Å². The zero-order valence-electron chi connectivity index (χ0n) is 22.7. The van der Waals surface area contributed by atoms with E-state index in [-0.39, 0.29) is 35.3 Å². The van der Waals surface area contributed by atoms with Gasteiger partial charge in [-0.1, -0.05) is 87.5 Å². The largest absolute Gasteiger partial charge is 0.404 e. The molecule has 7 heteroatoms. The van der Waals surface area contributed by atoms with E-state index in [0.29, 0.717) is 18.5 Å². The number of hydrogen-bond donors (Lipinski definition) is 1. The first-order valence-corrected chi connectivity index (χ1v) is 15.7. The maximum absolute atomic E-state index is 13.4. The highest BCUT2D eigenvalue weighted by Gasteiger charge is 2.52. The van der Waals surface area contributed by atoms with Crippen molar-refractivity contribution >= 4 is 36.4 Å². The maximum Gasteiger partial charge on any atom is 0.261 e. The van der Waals surface area contributed by atoms with Gasteiger partial charge in [0, 0.05) is 18.5 Å². The predicted molar refractivity (Wildman–Crippen MR) is 152 cm³/mol. The number of piperidine rings is 1. The molecule has 0 aromatic heterocycles. The first-order chi connectivity index (χ1) is 18.7. The molecule has 3 aliphatic rings. The van der Waals surface area contributed by atoms with Crippen LogP contribution in [0.4, 0.5) is 0 Å². The van der Waals surface area contributed by atoms with Gasteiger partial charge < -0.3 is 9.33 Å². The molecule has 2 heterocycles. The van der Waals surface area contributed by atoms with Crippen LogP contribution in [0.1, 0.15) is 60.7 Å². The number of rotatable bonds is 5. The molecule has 0 spiro atoms. The van der Waals surface area contributed by atoms with E-state index in [4.69, 9.17) is 4.43 Å². The number of nitrogens with one attached hydrogen (secondary N) is 1. The average molecular weight is 539 g/mol. The molecule has 1 fully saturated rings. The quantitative estimate of drug-likeness (QED) is 0.399. The maximum atomic E-state index is 13.4. The number of carbonyl (C=O) groups excluding carboxylic acids is 3. The van der Waals surface area contributed by atoms with Gasteiger partial charge in [0.25, 0.3) is 14.2 Å². The second-order valence-electron chi connectivity index (χ2n) is 12.0. The van der Waals surface area contributed by atoms with E-state index < -0.39 is 14.4 Å². The summed E-state index contributed by atoms with van der Waals surface area (Å²) >= 11 is 0. The summed E-state index contributed by atoms with van der Waals surface area (Å²) in [5, 5.41) is 4.80. The second-order valence-corrected chi connectivity index (χ2v) is 16.2. The van der Waals surface area contributed by atoms with Crippen LogP contribution in [0.25, 0.3) is 0 Å². The van der Waals surface area contributed by atoms with Gasteiger partial charge in [-0.05, 0) is 57.4 Å². The number of hydrogen-bond acceptors (Lipinski definition) is 4. The summed E-state index contributed by atoms with van der Waals surface area (Å²) in [5.74, 6) is -0.774. The van der Waals surface area contributed by atoms with Gasteiger partial charge in [-0.3, -0.25) is 19.7 Å². The van der Waals surface area contributed by atoms with Crippen LogP contribution in [0.5, 0.6) is 0 Å². The smallest absolute Gasteiger partial charge is 0.261 e. The van der Waals surface area contributed by atoms with Crippen molar-refractivity contribution in [1.29, 1.82) is 0 Å². The zero-order valence-corrected chi connectivity index (χ0v) is 23.7. The first kappa shape index (κ1) is 25.7.